The van der Waals surface area contributed by atoms with Crippen molar-refractivity contribution in [2.75, 3.05) is 21.1 Å². The molecule has 112 valence electrons. The molecule has 0 saturated carbocycles. The highest BCUT2D eigenvalue weighted by molar-refractivity contribution is 9.10. The zero-order chi connectivity index (χ0) is 14.9. The van der Waals surface area contributed by atoms with E-state index < -0.39 is 0 Å². The summed E-state index contributed by atoms with van der Waals surface area (Å²) in [6.45, 7) is 2.86. The molecule has 0 fully saturated rings. The molecule has 0 aliphatic carbocycles. The summed E-state index contributed by atoms with van der Waals surface area (Å²) in [5, 5.41) is 9.33. The van der Waals surface area contributed by atoms with Crippen LogP contribution in [0.1, 0.15) is 17.0 Å². The summed E-state index contributed by atoms with van der Waals surface area (Å²) in [7, 11) is 6.43. The van der Waals surface area contributed by atoms with Gasteiger partial charge in [0.15, 0.2) is 0 Å². The fourth-order valence-electron chi connectivity index (χ4n) is 2.12. The van der Waals surface area contributed by atoms with Gasteiger partial charge in [-0.2, -0.15) is 5.26 Å². The van der Waals surface area contributed by atoms with E-state index in [1.54, 1.807) is 6.33 Å². The fraction of sp³-hybridized carbons (Fsp3) is 0.333. The second kappa shape index (κ2) is 6.90. The number of halogens is 2. The first-order valence-corrected chi connectivity index (χ1v) is 7.14. The molecule has 21 heavy (non-hydrogen) atoms. The fourth-order valence-corrected chi connectivity index (χ4v) is 2.48. The van der Waals surface area contributed by atoms with Crippen LogP contribution in [0.25, 0.3) is 5.69 Å². The standard InChI is InChI=1S/C15H18BrN4.HI/c1-11-15(9-20(2,3)4)19(10-18-11)14-6-5-13(16)7-12(14)8-17;/h5-7,10H,9H2,1-4H3;1H/q+1;/p-1. The van der Waals surface area contributed by atoms with Gasteiger partial charge in [-0.3, -0.25) is 4.57 Å². The van der Waals surface area contributed by atoms with Crippen molar-refractivity contribution in [2.24, 2.45) is 0 Å². The van der Waals surface area contributed by atoms with Crippen molar-refractivity contribution in [2.45, 2.75) is 13.5 Å². The predicted octanol–water partition coefficient (Wildman–Crippen LogP) is 0.0251. The Balaban J connectivity index is 0.00000220. The smallest absolute Gasteiger partial charge is 0.121 e. The quantitative estimate of drug-likeness (QED) is 0.479. The minimum absolute atomic E-state index is 0. The van der Waals surface area contributed by atoms with Crippen LogP contribution in [0.15, 0.2) is 29.0 Å². The number of nitriles is 1. The first kappa shape index (κ1) is 18.1. The number of benzene rings is 1. The molecule has 0 atom stereocenters. The first-order valence-electron chi connectivity index (χ1n) is 6.35. The van der Waals surface area contributed by atoms with E-state index in [9.17, 15) is 5.26 Å². The SMILES string of the molecule is Cc1ncn(-c2ccc(Br)cc2C#N)c1C[N+](C)(C)C.[I-]. The maximum absolute atomic E-state index is 9.33. The molecule has 0 aliphatic rings. The monoisotopic (exact) mass is 460 g/mol. The van der Waals surface area contributed by atoms with E-state index in [1.165, 1.54) is 0 Å². The highest BCUT2D eigenvalue weighted by Gasteiger charge is 2.18. The molecule has 6 heteroatoms. The van der Waals surface area contributed by atoms with E-state index >= 15 is 0 Å². The van der Waals surface area contributed by atoms with Crippen molar-refractivity contribution in [3.05, 3.63) is 46.0 Å². The van der Waals surface area contributed by atoms with Crippen LogP contribution >= 0.6 is 15.9 Å². The molecule has 0 aliphatic heterocycles. The average Bonchev–Trinajstić information content (AvgIpc) is 2.69. The Labute approximate surface area is 151 Å². The number of rotatable bonds is 3. The third kappa shape index (κ3) is 4.28. The number of aryl methyl sites for hydroxylation is 1. The molecule has 1 aromatic carbocycles. The highest BCUT2D eigenvalue weighted by Crippen LogP contribution is 2.23. The van der Waals surface area contributed by atoms with E-state index in [0.717, 1.165) is 32.6 Å². The molecule has 2 rings (SSSR count). The molecule has 4 nitrogen and oxygen atoms in total. The van der Waals surface area contributed by atoms with E-state index in [2.05, 4.69) is 48.1 Å². The number of quaternary nitrogens is 1. The minimum Gasteiger partial charge on any atom is -1.00 e. The lowest BCUT2D eigenvalue weighted by atomic mass is 10.2. The molecule has 2 aromatic rings. The van der Waals surface area contributed by atoms with Gasteiger partial charge in [0.05, 0.1) is 44.4 Å². The molecular formula is C15H18BrIN4. The maximum atomic E-state index is 9.33. The Hall–Kier alpha value is -0.910. The van der Waals surface area contributed by atoms with Crippen molar-refractivity contribution in [3.8, 4) is 11.8 Å². The zero-order valence-corrected chi connectivity index (χ0v) is 16.3. The van der Waals surface area contributed by atoms with Crippen LogP contribution in [0.3, 0.4) is 0 Å². The van der Waals surface area contributed by atoms with E-state index in [0.29, 0.717) is 5.56 Å². The molecule has 0 amide bonds. The van der Waals surface area contributed by atoms with Crippen molar-refractivity contribution in [1.29, 1.82) is 5.26 Å². The maximum Gasteiger partial charge on any atom is 0.121 e. The van der Waals surface area contributed by atoms with Gasteiger partial charge in [-0.25, -0.2) is 4.98 Å². The van der Waals surface area contributed by atoms with Crippen LogP contribution in [-0.2, 0) is 6.54 Å². The molecule has 0 unspecified atom stereocenters. The lowest BCUT2D eigenvalue weighted by Crippen LogP contribution is -3.00. The van der Waals surface area contributed by atoms with Gasteiger partial charge in [0, 0.05) is 4.47 Å². The lowest BCUT2D eigenvalue weighted by Gasteiger charge is -2.25. The number of hydrogen-bond donors (Lipinski definition) is 0. The normalized spacial score (nSPS) is 10.9. The van der Waals surface area contributed by atoms with E-state index in [1.807, 2.05) is 29.7 Å². The van der Waals surface area contributed by atoms with Crippen molar-refractivity contribution in [1.82, 2.24) is 9.55 Å². The summed E-state index contributed by atoms with van der Waals surface area (Å²) in [6.07, 6.45) is 1.80. The summed E-state index contributed by atoms with van der Waals surface area (Å²) >= 11 is 3.40. The van der Waals surface area contributed by atoms with Gasteiger partial charge in [-0.15, -0.1) is 0 Å². The highest BCUT2D eigenvalue weighted by atomic mass is 127. The molecule has 0 N–H and O–H groups in total. The average molecular weight is 461 g/mol. The predicted molar refractivity (Wildman–Crippen MR) is 82.5 cm³/mol. The largest absolute Gasteiger partial charge is 1.00 e. The van der Waals surface area contributed by atoms with Crippen LogP contribution in [-0.4, -0.2) is 35.2 Å². The Morgan fingerprint density at radius 2 is 2.00 bits per heavy atom. The van der Waals surface area contributed by atoms with Gasteiger partial charge in [0.2, 0.25) is 0 Å². The second-order valence-electron chi connectivity index (χ2n) is 5.87. The van der Waals surface area contributed by atoms with Gasteiger partial charge < -0.3 is 28.5 Å². The number of nitrogens with zero attached hydrogens (tertiary/aromatic N) is 4. The summed E-state index contributed by atoms with van der Waals surface area (Å²) in [5.41, 5.74) is 3.65. The van der Waals surface area contributed by atoms with Gasteiger partial charge >= 0.3 is 0 Å². The van der Waals surface area contributed by atoms with Gasteiger partial charge in [-0.1, -0.05) is 15.9 Å². The van der Waals surface area contributed by atoms with Crippen molar-refractivity contribution < 1.29 is 28.5 Å². The molecule has 0 saturated heterocycles. The van der Waals surface area contributed by atoms with Gasteiger partial charge in [0.1, 0.15) is 18.3 Å². The van der Waals surface area contributed by atoms with Crippen LogP contribution in [0.4, 0.5) is 0 Å². The zero-order valence-electron chi connectivity index (χ0n) is 12.6. The molecule has 0 radical (unpaired) electrons. The topological polar surface area (TPSA) is 41.6 Å². The van der Waals surface area contributed by atoms with Crippen molar-refractivity contribution >= 4 is 15.9 Å². The Morgan fingerprint density at radius 3 is 2.57 bits per heavy atom. The number of hydrogen-bond acceptors (Lipinski definition) is 2. The molecule has 0 spiro atoms. The van der Waals surface area contributed by atoms with Gasteiger partial charge in [0.25, 0.3) is 0 Å². The molecular weight excluding hydrogens is 443 g/mol. The second-order valence-corrected chi connectivity index (χ2v) is 6.78. The molecule has 1 aromatic heterocycles. The summed E-state index contributed by atoms with van der Waals surface area (Å²) in [4.78, 5) is 4.41. The first-order chi connectivity index (χ1) is 9.31. The van der Waals surface area contributed by atoms with Gasteiger partial charge in [-0.05, 0) is 25.1 Å². The molecule has 1 heterocycles. The van der Waals surface area contributed by atoms with E-state index in [-0.39, 0.29) is 24.0 Å². The van der Waals surface area contributed by atoms with Crippen LogP contribution in [0.2, 0.25) is 0 Å². The summed E-state index contributed by atoms with van der Waals surface area (Å²) in [5.74, 6) is 0. The summed E-state index contributed by atoms with van der Waals surface area (Å²) < 4.78 is 3.73. The van der Waals surface area contributed by atoms with Crippen molar-refractivity contribution in [3.63, 3.8) is 0 Å². The summed E-state index contributed by atoms with van der Waals surface area (Å²) in [6, 6.07) is 7.98. The lowest BCUT2D eigenvalue weighted by molar-refractivity contribution is -0.884. The number of aromatic nitrogens is 2. The van der Waals surface area contributed by atoms with Crippen LogP contribution in [0.5, 0.6) is 0 Å². The van der Waals surface area contributed by atoms with E-state index in [4.69, 9.17) is 0 Å². The molecule has 0 bridgehead atoms. The third-order valence-electron chi connectivity index (χ3n) is 3.04. The Bertz CT molecular complexity index is 680. The Kier molecular flexibility index (Phi) is 5.96. The van der Waals surface area contributed by atoms with Crippen LogP contribution < -0.4 is 24.0 Å². The Morgan fingerprint density at radius 1 is 1.33 bits per heavy atom. The number of imidazole rings is 1. The third-order valence-corrected chi connectivity index (χ3v) is 3.53. The van der Waals surface area contributed by atoms with Crippen LogP contribution in [0, 0.1) is 18.3 Å². The minimum atomic E-state index is 0.